The van der Waals surface area contributed by atoms with Gasteiger partial charge in [-0.05, 0) is 12.3 Å². The fourth-order valence-electron chi connectivity index (χ4n) is 1.67. The number of carboxylic acid groups (broad SMARTS) is 1. The molecule has 1 aliphatic carbocycles. The Balaban J connectivity index is 2.10. The van der Waals surface area contributed by atoms with Crippen molar-refractivity contribution in [2.75, 3.05) is 0 Å². The van der Waals surface area contributed by atoms with Crippen LogP contribution in [0, 0.1) is 5.92 Å². The van der Waals surface area contributed by atoms with E-state index in [4.69, 9.17) is 5.11 Å². The fraction of sp³-hybridized carbons (Fsp3) is 0.273. The summed E-state index contributed by atoms with van der Waals surface area (Å²) < 4.78 is 1.68. The standard InChI is InChI=1S/C11H12N2O2/c14-11(15)10-12-6-7-13(10)8-9-4-2-1-3-5-9/h1-4,6-7,9H,5,8H2,(H,14,15). The molecule has 0 spiro atoms. The smallest absolute Gasteiger partial charge is 0.372 e. The van der Waals surface area contributed by atoms with Crippen LogP contribution in [-0.2, 0) is 6.54 Å². The van der Waals surface area contributed by atoms with Gasteiger partial charge in [-0.1, -0.05) is 24.3 Å². The van der Waals surface area contributed by atoms with E-state index in [1.807, 2.05) is 12.2 Å². The van der Waals surface area contributed by atoms with E-state index in [2.05, 4.69) is 17.1 Å². The molecule has 0 saturated heterocycles. The summed E-state index contributed by atoms with van der Waals surface area (Å²) in [5.74, 6) is -0.504. The van der Waals surface area contributed by atoms with Gasteiger partial charge in [0.25, 0.3) is 0 Å². The summed E-state index contributed by atoms with van der Waals surface area (Å²) >= 11 is 0. The molecule has 1 aromatic rings. The lowest BCUT2D eigenvalue weighted by Gasteiger charge is -2.14. The monoisotopic (exact) mass is 204 g/mol. The van der Waals surface area contributed by atoms with Crippen molar-refractivity contribution in [3.8, 4) is 0 Å². The maximum absolute atomic E-state index is 10.8. The van der Waals surface area contributed by atoms with Crippen LogP contribution in [0.3, 0.4) is 0 Å². The number of hydrogen-bond donors (Lipinski definition) is 1. The van der Waals surface area contributed by atoms with Crippen LogP contribution in [0.2, 0.25) is 0 Å². The minimum atomic E-state index is -0.977. The largest absolute Gasteiger partial charge is 0.475 e. The van der Waals surface area contributed by atoms with Crippen molar-refractivity contribution in [1.29, 1.82) is 0 Å². The molecule has 0 aliphatic heterocycles. The van der Waals surface area contributed by atoms with Gasteiger partial charge in [0.2, 0.25) is 5.82 Å². The molecule has 1 unspecified atom stereocenters. The highest BCUT2D eigenvalue weighted by molar-refractivity contribution is 5.83. The third kappa shape index (κ3) is 2.15. The SMILES string of the molecule is O=C(O)c1nccn1CC1C=CC=CC1. The minimum absolute atomic E-state index is 0.109. The number of aromatic nitrogens is 2. The van der Waals surface area contributed by atoms with Gasteiger partial charge in [-0.2, -0.15) is 0 Å². The molecule has 1 heterocycles. The molecular weight excluding hydrogens is 192 g/mol. The predicted octanol–water partition coefficient (Wildman–Crippen LogP) is 1.71. The van der Waals surface area contributed by atoms with Gasteiger partial charge in [-0.3, -0.25) is 0 Å². The quantitative estimate of drug-likeness (QED) is 0.815. The highest BCUT2D eigenvalue weighted by atomic mass is 16.4. The van der Waals surface area contributed by atoms with Gasteiger partial charge in [-0.25, -0.2) is 9.78 Å². The fourth-order valence-corrected chi connectivity index (χ4v) is 1.67. The number of aromatic carboxylic acids is 1. The maximum Gasteiger partial charge on any atom is 0.372 e. The summed E-state index contributed by atoms with van der Waals surface area (Å²) in [4.78, 5) is 14.6. The van der Waals surface area contributed by atoms with Crippen molar-refractivity contribution in [3.63, 3.8) is 0 Å². The number of hydrogen-bond acceptors (Lipinski definition) is 2. The van der Waals surface area contributed by atoms with E-state index in [0.29, 0.717) is 12.5 Å². The van der Waals surface area contributed by atoms with Gasteiger partial charge in [0.1, 0.15) is 0 Å². The second-order valence-electron chi connectivity index (χ2n) is 3.52. The van der Waals surface area contributed by atoms with Crippen LogP contribution in [0.25, 0.3) is 0 Å². The molecule has 1 aromatic heterocycles. The Labute approximate surface area is 87.6 Å². The van der Waals surface area contributed by atoms with Crippen LogP contribution in [0.1, 0.15) is 17.0 Å². The van der Waals surface area contributed by atoms with E-state index in [1.165, 1.54) is 6.20 Å². The molecule has 2 rings (SSSR count). The maximum atomic E-state index is 10.8. The van der Waals surface area contributed by atoms with Crippen molar-refractivity contribution >= 4 is 5.97 Å². The third-order valence-corrected chi connectivity index (χ3v) is 2.41. The number of nitrogens with zero attached hydrogens (tertiary/aromatic N) is 2. The van der Waals surface area contributed by atoms with Crippen molar-refractivity contribution in [1.82, 2.24) is 9.55 Å². The predicted molar refractivity (Wildman–Crippen MR) is 55.6 cm³/mol. The van der Waals surface area contributed by atoms with Gasteiger partial charge >= 0.3 is 5.97 Å². The second kappa shape index (κ2) is 4.13. The highest BCUT2D eigenvalue weighted by Crippen LogP contribution is 2.14. The van der Waals surface area contributed by atoms with Crippen LogP contribution >= 0.6 is 0 Å². The summed E-state index contributed by atoms with van der Waals surface area (Å²) in [7, 11) is 0. The summed E-state index contributed by atoms with van der Waals surface area (Å²) in [6, 6.07) is 0. The number of allylic oxidation sites excluding steroid dienone is 4. The molecule has 0 saturated carbocycles. The first-order chi connectivity index (χ1) is 7.27. The number of carboxylic acids is 1. The van der Waals surface area contributed by atoms with Gasteiger partial charge < -0.3 is 9.67 Å². The lowest BCUT2D eigenvalue weighted by Crippen LogP contribution is -2.14. The Morgan fingerprint density at radius 3 is 3.13 bits per heavy atom. The topological polar surface area (TPSA) is 55.1 Å². The Hall–Kier alpha value is -1.84. The first-order valence-electron chi connectivity index (χ1n) is 4.85. The number of imidazole rings is 1. The summed E-state index contributed by atoms with van der Waals surface area (Å²) in [5.41, 5.74) is 0. The number of carbonyl (C=O) groups is 1. The van der Waals surface area contributed by atoms with Crippen LogP contribution in [0.4, 0.5) is 0 Å². The first-order valence-corrected chi connectivity index (χ1v) is 4.85. The molecular formula is C11H12N2O2. The Morgan fingerprint density at radius 2 is 2.47 bits per heavy atom. The zero-order valence-corrected chi connectivity index (χ0v) is 8.21. The van der Waals surface area contributed by atoms with E-state index in [0.717, 1.165) is 6.42 Å². The molecule has 0 amide bonds. The van der Waals surface area contributed by atoms with Gasteiger partial charge in [0, 0.05) is 18.9 Å². The Bertz CT molecular complexity index is 418. The molecule has 0 radical (unpaired) electrons. The molecule has 4 nitrogen and oxygen atoms in total. The average Bonchev–Trinajstić information content (AvgIpc) is 2.67. The van der Waals surface area contributed by atoms with Gasteiger partial charge in [0.15, 0.2) is 0 Å². The molecule has 1 N–H and O–H groups in total. The van der Waals surface area contributed by atoms with E-state index in [1.54, 1.807) is 10.8 Å². The molecule has 15 heavy (non-hydrogen) atoms. The van der Waals surface area contributed by atoms with Crippen LogP contribution in [0.5, 0.6) is 0 Å². The summed E-state index contributed by atoms with van der Waals surface area (Å²) in [5, 5.41) is 8.87. The van der Waals surface area contributed by atoms with Crippen LogP contribution < -0.4 is 0 Å². The van der Waals surface area contributed by atoms with Crippen molar-refractivity contribution in [3.05, 3.63) is 42.5 Å². The average molecular weight is 204 g/mol. The number of rotatable bonds is 3. The molecule has 0 fully saturated rings. The zero-order valence-electron chi connectivity index (χ0n) is 8.21. The Morgan fingerprint density at radius 1 is 1.60 bits per heavy atom. The molecule has 1 aliphatic rings. The van der Waals surface area contributed by atoms with Crippen molar-refractivity contribution in [2.24, 2.45) is 5.92 Å². The lowest BCUT2D eigenvalue weighted by atomic mass is 10.0. The molecule has 78 valence electrons. The Kier molecular flexibility index (Phi) is 2.67. The molecule has 4 heteroatoms. The van der Waals surface area contributed by atoms with Crippen molar-refractivity contribution < 1.29 is 9.90 Å². The van der Waals surface area contributed by atoms with E-state index < -0.39 is 5.97 Å². The van der Waals surface area contributed by atoms with Crippen LogP contribution in [-0.4, -0.2) is 20.6 Å². The third-order valence-electron chi connectivity index (χ3n) is 2.41. The van der Waals surface area contributed by atoms with E-state index >= 15 is 0 Å². The van der Waals surface area contributed by atoms with Gasteiger partial charge in [-0.15, -0.1) is 0 Å². The molecule has 1 atom stereocenters. The summed E-state index contributed by atoms with van der Waals surface area (Å²) in [6.45, 7) is 0.669. The highest BCUT2D eigenvalue weighted by Gasteiger charge is 2.13. The first kappa shape index (κ1) is 9.71. The van der Waals surface area contributed by atoms with Crippen LogP contribution in [0.15, 0.2) is 36.7 Å². The zero-order chi connectivity index (χ0) is 10.7. The van der Waals surface area contributed by atoms with E-state index in [-0.39, 0.29) is 5.82 Å². The van der Waals surface area contributed by atoms with E-state index in [9.17, 15) is 4.79 Å². The second-order valence-corrected chi connectivity index (χ2v) is 3.52. The normalized spacial score (nSPS) is 19.3. The molecule has 0 aromatic carbocycles. The molecule has 0 bridgehead atoms. The van der Waals surface area contributed by atoms with Crippen molar-refractivity contribution in [2.45, 2.75) is 13.0 Å². The minimum Gasteiger partial charge on any atom is -0.475 e. The summed E-state index contributed by atoms with van der Waals surface area (Å²) in [6.07, 6.45) is 12.3. The lowest BCUT2D eigenvalue weighted by molar-refractivity contribution is 0.0677. The van der Waals surface area contributed by atoms with Gasteiger partial charge in [0.05, 0.1) is 0 Å².